The quantitative estimate of drug-likeness (QED) is 0.527. The molecule has 1 heterocycles. The van der Waals surface area contributed by atoms with E-state index in [0.29, 0.717) is 11.0 Å². The predicted octanol–water partition coefficient (Wildman–Crippen LogP) is 2.94. The number of rotatable bonds is 4. The molecule has 0 radical (unpaired) electrons. The Labute approximate surface area is 114 Å². The van der Waals surface area contributed by atoms with Crippen LogP contribution in [-0.2, 0) is 0 Å². The van der Waals surface area contributed by atoms with E-state index in [1.165, 1.54) is 11.8 Å². The Morgan fingerprint density at radius 1 is 1.17 bits per heavy atom. The van der Waals surface area contributed by atoms with Gasteiger partial charge in [-0.05, 0) is 30.5 Å². The number of hydrogen-bond acceptors (Lipinski definition) is 6. The van der Waals surface area contributed by atoms with Crippen molar-refractivity contribution in [3.8, 4) is 5.75 Å². The lowest BCUT2D eigenvalue weighted by molar-refractivity contribution is 0.414. The van der Waals surface area contributed by atoms with Crippen molar-refractivity contribution in [3.05, 3.63) is 30.3 Å². The summed E-state index contributed by atoms with van der Waals surface area (Å²) in [6, 6.07) is 9.58. The molecule has 1 aromatic heterocycles. The van der Waals surface area contributed by atoms with Crippen molar-refractivity contribution in [1.82, 2.24) is 9.97 Å². The van der Waals surface area contributed by atoms with E-state index in [1.807, 2.05) is 30.5 Å². The number of hydrogen-bond donors (Lipinski definition) is 1. The van der Waals surface area contributed by atoms with Crippen LogP contribution >= 0.6 is 23.5 Å². The van der Waals surface area contributed by atoms with E-state index in [2.05, 4.69) is 9.97 Å². The summed E-state index contributed by atoms with van der Waals surface area (Å²) in [5.41, 5.74) is 5.74. The molecule has 0 saturated carbocycles. The van der Waals surface area contributed by atoms with E-state index >= 15 is 0 Å². The average Bonchev–Trinajstić information content (AvgIpc) is 2.39. The highest BCUT2D eigenvalue weighted by atomic mass is 32.2. The van der Waals surface area contributed by atoms with Gasteiger partial charge in [-0.3, -0.25) is 0 Å². The van der Waals surface area contributed by atoms with E-state index in [-0.39, 0.29) is 0 Å². The minimum absolute atomic E-state index is 0.491. The Balaban J connectivity index is 2.19. The lowest BCUT2D eigenvalue weighted by Gasteiger charge is -2.05. The van der Waals surface area contributed by atoms with Gasteiger partial charge in [0, 0.05) is 11.0 Å². The molecule has 4 nitrogen and oxygen atoms in total. The summed E-state index contributed by atoms with van der Waals surface area (Å²) in [6.07, 6.45) is 1.93. The number of nitrogens with zero attached hydrogens (tertiary/aromatic N) is 2. The minimum Gasteiger partial charge on any atom is -0.497 e. The molecule has 0 fully saturated rings. The van der Waals surface area contributed by atoms with Gasteiger partial charge in [0.15, 0.2) is 5.16 Å². The van der Waals surface area contributed by atoms with Crippen LogP contribution in [0.3, 0.4) is 0 Å². The molecular formula is C12H13N3OS2. The van der Waals surface area contributed by atoms with Crippen LogP contribution in [0.25, 0.3) is 0 Å². The Morgan fingerprint density at radius 2 is 1.89 bits per heavy atom. The SMILES string of the molecule is COc1ccc(Sc2cc(N)nc(SC)n2)cc1. The number of anilines is 1. The Kier molecular flexibility index (Phi) is 4.33. The Morgan fingerprint density at radius 3 is 2.50 bits per heavy atom. The predicted molar refractivity (Wildman–Crippen MR) is 75.3 cm³/mol. The summed E-state index contributed by atoms with van der Waals surface area (Å²) in [7, 11) is 1.65. The van der Waals surface area contributed by atoms with E-state index in [0.717, 1.165) is 15.7 Å². The van der Waals surface area contributed by atoms with Crippen LogP contribution in [-0.4, -0.2) is 23.3 Å². The number of nitrogens with two attached hydrogens (primary N) is 1. The second-order valence-electron chi connectivity index (χ2n) is 3.40. The fourth-order valence-electron chi connectivity index (χ4n) is 1.33. The van der Waals surface area contributed by atoms with Gasteiger partial charge in [0.05, 0.1) is 7.11 Å². The molecule has 94 valence electrons. The first kappa shape index (κ1) is 13.0. The number of ether oxygens (including phenoxy) is 1. The third-order valence-electron chi connectivity index (χ3n) is 2.17. The molecular weight excluding hydrogens is 266 g/mol. The first-order valence-electron chi connectivity index (χ1n) is 5.21. The molecule has 1 aromatic carbocycles. The highest BCUT2D eigenvalue weighted by Gasteiger charge is 2.04. The van der Waals surface area contributed by atoms with Gasteiger partial charge in [-0.1, -0.05) is 23.5 Å². The van der Waals surface area contributed by atoms with Gasteiger partial charge < -0.3 is 10.5 Å². The van der Waals surface area contributed by atoms with Crippen LogP contribution < -0.4 is 10.5 Å². The van der Waals surface area contributed by atoms with Crippen molar-refractivity contribution < 1.29 is 4.74 Å². The van der Waals surface area contributed by atoms with Gasteiger partial charge in [0.25, 0.3) is 0 Å². The molecule has 0 saturated heterocycles. The maximum Gasteiger partial charge on any atom is 0.190 e. The van der Waals surface area contributed by atoms with E-state index in [9.17, 15) is 0 Å². The molecule has 0 unspecified atom stereocenters. The topological polar surface area (TPSA) is 61.0 Å². The fraction of sp³-hybridized carbons (Fsp3) is 0.167. The lowest BCUT2D eigenvalue weighted by Crippen LogP contribution is -1.95. The molecule has 0 aliphatic rings. The summed E-state index contributed by atoms with van der Waals surface area (Å²) in [5.74, 6) is 1.33. The Bertz CT molecular complexity index is 531. The van der Waals surface area contributed by atoms with Gasteiger partial charge in [-0.15, -0.1) is 0 Å². The summed E-state index contributed by atoms with van der Waals surface area (Å²) >= 11 is 3.03. The van der Waals surface area contributed by atoms with Gasteiger partial charge in [-0.25, -0.2) is 9.97 Å². The summed E-state index contributed by atoms with van der Waals surface area (Å²) in [5, 5.41) is 1.53. The largest absolute Gasteiger partial charge is 0.497 e. The normalized spacial score (nSPS) is 10.3. The average molecular weight is 279 g/mol. The van der Waals surface area contributed by atoms with Gasteiger partial charge in [-0.2, -0.15) is 0 Å². The summed E-state index contributed by atoms with van der Waals surface area (Å²) in [4.78, 5) is 9.60. The van der Waals surface area contributed by atoms with Crippen LogP contribution in [0.15, 0.2) is 45.4 Å². The van der Waals surface area contributed by atoms with Crippen molar-refractivity contribution in [2.75, 3.05) is 19.1 Å². The maximum absolute atomic E-state index is 5.74. The summed E-state index contributed by atoms with van der Waals surface area (Å²) in [6.45, 7) is 0. The van der Waals surface area contributed by atoms with Gasteiger partial charge in [0.2, 0.25) is 0 Å². The molecule has 0 aliphatic heterocycles. The zero-order valence-electron chi connectivity index (χ0n) is 10.1. The molecule has 2 N–H and O–H groups in total. The number of aromatic nitrogens is 2. The maximum atomic E-state index is 5.74. The van der Waals surface area contributed by atoms with E-state index < -0.39 is 0 Å². The third-order valence-corrected chi connectivity index (χ3v) is 3.64. The number of benzene rings is 1. The first-order chi connectivity index (χ1) is 8.71. The van der Waals surface area contributed by atoms with Crippen molar-refractivity contribution in [3.63, 3.8) is 0 Å². The minimum atomic E-state index is 0.491. The number of methoxy groups -OCH3 is 1. The van der Waals surface area contributed by atoms with Crippen LogP contribution in [0.5, 0.6) is 5.75 Å². The van der Waals surface area contributed by atoms with Crippen molar-refractivity contribution in [2.45, 2.75) is 15.1 Å². The van der Waals surface area contributed by atoms with Crippen molar-refractivity contribution >= 4 is 29.3 Å². The molecule has 0 amide bonds. The van der Waals surface area contributed by atoms with Gasteiger partial charge >= 0.3 is 0 Å². The molecule has 2 aromatic rings. The molecule has 0 atom stereocenters. The van der Waals surface area contributed by atoms with Gasteiger partial charge in [0.1, 0.15) is 16.6 Å². The van der Waals surface area contributed by atoms with Crippen LogP contribution in [0.4, 0.5) is 5.82 Å². The highest BCUT2D eigenvalue weighted by molar-refractivity contribution is 7.99. The van der Waals surface area contributed by atoms with Crippen LogP contribution in [0.1, 0.15) is 0 Å². The molecule has 0 aliphatic carbocycles. The standard InChI is InChI=1S/C12H13N3OS2/c1-16-8-3-5-9(6-4-8)18-11-7-10(13)14-12(15-11)17-2/h3-7H,1-2H3,(H2,13,14,15). The monoisotopic (exact) mass is 279 g/mol. The number of thioether (sulfide) groups is 1. The second kappa shape index (κ2) is 5.97. The smallest absolute Gasteiger partial charge is 0.190 e. The highest BCUT2D eigenvalue weighted by Crippen LogP contribution is 2.29. The van der Waals surface area contributed by atoms with Crippen LogP contribution in [0.2, 0.25) is 0 Å². The molecule has 2 rings (SSSR count). The van der Waals surface area contributed by atoms with Crippen molar-refractivity contribution in [2.24, 2.45) is 0 Å². The zero-order chi connectivity index (χ0) is 13.0. The molecule has 18 heavy (non-hydrogen) atoms. The summed E-state index contributed by atoms with van der Waals surface area (Å²) < 4.78 is 5.12. The van der Waals surface area contributed by atoms with E-state index in [1.54, 1.807) is 24.9 Å². The van der Waals surface area contributed by atoms with E-state index in [4.69, 9.17) is 10.5 Å². The molecule has 0 spiro atoms. The third kappa shape index (κ3) is 3.30. The number of nitrogen functional groups attached to an aromatic ring is 1. The zero-order valence-corrected chi connectivity index (χ0v) is 11.7. The molecule has 6 heteroatoms. The molecule has 0 bridgehead atoms. The van der Waals surface area contributed by atoms with Crippen LogP contribution in [0, 0.1) is 0 Å². The fourth-order valence-corrected chi connectivity index (χ4v) is 2.60. The second-order valence-corrected chi connectivity index (χ2v) is 5.26. The first-order valence-corrected chi connectivity index (χ1v) is 7.26. The van der Waals surface area contributed by atoms with Crippen molar-refractivity contribution in [1.29, 1.82) is 0 Å². The lowest BCUT2D eigenvalue weighted by atomic mass is 10.3. The Hall–Kier alpha value is -1.40.